The Kier molecular flexibility index (Phi) is 4.40. The first-order chi connectivity index (χ1) is 7.16. The summed E-state index contributed by atoms with van der Waals surface area (Å²) in [6.45, 7) is 1.08. The van der Waals surface area contributed by atoms with Gasteiger partial charge < -0.3 is 9.84 Å². The molecule has 0 aliphatic carbocycles. The normalized spacial score (nSPS) is 24.5. The molecule has 8 nitrogen and oxygen atoms in total. The molecule has 1 aliphatic rings. The molecule has 0 spiro atoms. The monoisotopic (exact) mass is 217 g/mol. The smallest absolute Gasteiger partial charge is 0.331 e. The summed E-state index contributed by atoms with van der Waals surface area (Å²) >= 11 is 0. The van der Waals surface area contributed by atoms with Crippen molar-refractivity contribution in [3.8, 4) is 0 Å². The number of carbonyl (C=O) groups is 1. The van der Waals surface area contributed by atoms with Crippen LogP contribution in [0.15, 0.2) is 10.3 Å². The van der Waals surface area contributed by atoms with Crippen molar-refractivity contribution >= 4 is 5.97 Å². The zero-order valence-corrected chi connectivity index (χ0v) is 8.46. The first kappa shape index (κ1) is 11.8. The molecule has 0 aromatic carbocycles. The molecule has 0 aromatic rings. The summed E-state index contributed by atoms with van der Waals surface area (Å²) in [4.78, 5) is 10.8. The maximum absolute atomic E-state index is 10.8. The Balaban J connectivity index is 2.40. The number of carboxylic acid groups (broad SMARTS) is 1. The molecule has 0 aromatic heterocycles. The summed E-state index contributed by atoms with van der Waals surface area (Å²) in [6.07, 6.45) is 0.0603. The number of nitrogens with zero attached hydrogens (tertiary/aromatic N) is 3. The molecule has 8 heteroatoms. The molecule has 4 N–H and O–H groups in total. The molecule has 0 fully saturated rings. The van der Waals surface area contributed by atoms with Gasteiger partial charge in [-0.25, -0.2) is 9.80 Å². The largest absolute Gasteiger partial charge is 0.480 e. The quantitative estimate of drug-likeness (QED) is 0.297. The third-order valence-electron chi connectivity index (χ3n) is 2.04. The van der Waals surface area contributed by atoms with E-state index in [0.717, 1.165) is 0 Å². The van der Waals surface area contributed by atoms with Crippen molar-refractivity contribution in [1.82, 2.24) is 10.4 Å². The zero-order chi connectivity index (χ0) is 11.3. The summed E-state index contributed by atoms with van der Waals surface area (Å²) in [5, 5.41) is 17.3. The maximum Gasteiger partial charge on any atom is 0.331 e. The molecule has 86 valence electrons. The number of ether oxygens (including phenoxy) is 1. The van der Waals surface area contributed by atoms with Gasteiger partial charge in [-0.2, -0.15) is 0 Å². The molecule has 1 heterocycles. The standard InChI is InChI=1S/C7H15N5O3/c1-15-4-2-3-12(8)6-5(7(13)14)9-11-10-6/h5-6H,2-4,8H2,1H3,(H,9,10)(H,13,14). The number of hydrogen-bond acceptors (Lipinski definition) is 7. The Morgan fingerprint density at radius 2 is 2.47 bits per heavy atom. The predicted molar refractivity (Wildman–Crippen MR) is 50.6 cm³/mol. The molecule has 2 unspecified atom stereocenters. The fourth-order valence-electron chi connectivity index (χ4n) is 1.25. The van der Waals surface area contributed by atoms with E-state index in [4.69, 9.17) is 15.7 Å². The minimum absolute atomic E-state index is 0.503. The van der Waals surface area contributed by atoms with E-state index >= 15 is 0 Å². The van der Waals surface area contributed by atoms with Gasteiger partial charge in [0.15, 0.2) is 12.2 Å². The zero-order valence-electron chi connectivity index (χ0n) is 8.46. The van der Waals surface area contributed by atoms with Crippen LogP contribution < -0.4 is 11.3 Å². The highest BCUT2D eigenvalue weighted by Gasteiger charge is 2.35. The van der Waals surface area contributed by atoms with Gasteiger partial charge in [0, 0.05) is 20.3 Å². The highest BCUT2D eigenvalue weighted by atomic mass is 16.5. The molecule has 0 saturated heterocycles. The van der Waals surface area contributed by atoms with Crippen LogP contribution in [0.5, 0.6) is 0 Å². The Morgan fingerprint density at radius 1 is 1.73 bits per heavy atom. The van der Waals surface area contributed by atoms with Gasteiger partial charge in [0.25, 0.3) is 0 Å². The number of nitrogens with two attached hydrogens (primary N) is 1. The van der Waals surface area contributed by atoms with Crippen LogP contribution in [0.2, 0.25) is 0 Å². The van der Waals surface area contributed by atoms with Gasteiger partial charge in [-0.1, -0.05) is 5.22 Å². The molecular formula is C7H15N5O3. The summed E-state index contributed by atoms with van der Waals surface area (Å²) in [5.41, 5.74) is 2.38. The molecular weight excluding hydrogens is 202 g/mol. The minimum atomic E-state index is -1.02. The minimum Gasteiger partial charge on any atom is -0.480 e. The second-order valence-electron chi connectivity index (χ2n) is 3.16. The van der Waals surface area contributed by atoms with E-state index in [1.165, 1.54) is 5.01 Å². The SMILES string of the molecule is COCCCN(N)C1N=NNC1C(=O)O. The first-order valence-electron chi connectivity index (χ1n) is 4.55. The summed E-state index contributed by atoms with van der Waals surface area (Å²) in [6, 6.07) is -0.877. The number of rotatable bonds is 6. The third kappa shape index (κ3) is 3.11. The van der Waals surface area contributed by atoms with E-state index in [9.17, 15) is 4.79 Å². The Morgan fingerprint density at radius 3 is 3.07 bits per heavy atom. The summed E-state index contributed by atoms with van der Waals surface area (Å²) < 4.78 is 4.86. The fourth-order valence-corrected chi connectivity index (χ4v) is 1.25. The fraction of sp³-hybridized carbons (Fsp3) is 0.857. The van der Waals surface area contributed by atoms with Crippen LogP contribution in [0.3, 0.4) is 0 Å². The van der Waals surface area contributed by atoms with Gasteiger partial charge in [-0.05, 0) is 6.42 Å². The second-order valence-corrected chi connectivity index (χ2v) is 3.16. The topological polar surface area (TPSA) is 113 Å². The second kappa shape index (κ2) is 5.59. The molecule has 1 rings (SSSR count). The third-order valence-corrected chi connectivity index (χ3v) is 2.04. The van der Waals surface area contributed by atoms with Crippen molar-refractivity contribution < 1.29 is 14.6 Å². The molecule has 0 saturated carbocycles. The van der Waals surface area contributed by atoms with Crippen LogP contribution >= 0.6 is 0 Å². The predicted octanol–water partition coefficient (Wildman–Crippen LogP) is -1.05. The molecule has 0 amide bonds. The van der Waals surface area contributed by atoms with Gasteiger partial charge in [0.05, 0.1) is 0 Å². The number of methoxy groups -OCH3 is 1. The van der Waals surface area contributed by atoms with Crippen molar-refractivity contribution in [1.29, 1.82) is 0 Å². The van der Waals surface area contributed by atoms with Crippen LogP contribution in [0.4, 0.5) is 0 Å². The van der Waals surface area contributed by atoms with Gasteiger partial charge in [0.2, 0.25) is 0 Å². The van der Waals surface area contributed by atoms with Gasteiger partial charge in [-0.15, -0.1) is 5.11 Å². The number of aliphatic carboxylic acids is 1. The van der Waals surface area contributed by atoms with Crippen LogP contribution in [0.1, 0.15) is 6.42 Å². The lowest BCUT2D eigenvalue weighted by Crippen LogP contribution is -2.51. The van der Waals surface area contributed by atoms with E-state index in [0.29, 0.717) is 19.6 Å². The lowest BCUT2D eigenvalue weighted by atomic mass is 10.2. The van der Waals surface area contributed by atoms with Gasteiger partial charge >= 0.3 is 5.97 Å². The van der Waals surface area contributed by atoms with Crippen molar-refractivity contribution in [2.75, 3.05) is 20.3 Å². The van der Waals surface area contributed by atoms with Crippen molar-refractivity contribution in [2.45, 2.75) is 18.6 Å². The molecule has 1 aliphatic heterocycles. The van der Waals surface area contributed by atoms with E-state index in [1.54, 1.807) is 7.11 Å². The number of hydrogen-bond donors (Lipinski definition) is 3. The Bertz CT molecular complexity index is 247. The Hall–Kier alpha value is -1.25. The van der Waals surface area contributed by atoms with Crippen LogP contribution in [0.25, 0.3) is 0 Å². The Labute approximate surface area is 87.0 Å². The average molecular weight is 217 g/mol. The average Bonchev–Trinajstić information content (AvgIpc) is 2.66. The molecule has 15 heavy (non-hydrogen) atoms. The lowest BCUT2D eigenvalue weighted by molar-refractivity contribution is -0.140. The van der Waals surface area contributed by atoms with E-state index in [1.807, 2.05) is 0 Å². The summed E-state index contributed by atoms with van der Waals surface area (Å²) in [5.74, 6) is 4.65. The van der Waals surface area contributed by atoms with Crippen LogP contribution in [-0.4, -0.2) is 48.6 Å². The molecule has 0 radical (unpaired) electrons. The number of nitrogens with one attached hydrogen (secondary N) is 1. The molecule has 2 atom stereocenters. The van der Waals surface area contributed by atoms with E-state index < -0.39 is 18.2 Å². The maximum atomic E-state index is 10.8. The summed E-state index contributed by atoms with van der Waals surface area (Å²) in [7, 11) is 1.59. The van der Waals surface area contributed by atoms with Crippen LogP contribution in [0, 0.1) is 0 Å². The highest BCUT2D eigenvalue weighted by Crippen LogP contribution is 2.10. The van der Waals surface area contributed by atoms with Crippen molar-refractivity contribution in [2.24, 2.45) is 16.2 Å². The van der Waals surface area contributed by atoms with Crippen LogP contribution in [-0.2, 0) is 9.53 Å². The number of hydrazine groups is 1. The van der Waals surface area contributed by atoms with E-state index in [-0.39, 0.29) is 0 Å². The lowest BCUT2D eigenvalue weighted by Gasteiger charge is -2.22. The molecule has 0 bridgehead atoms. The highest BCUT2D eigenvalue weighted by molar-refractivity contribution is 5.74. The first-order valence-corrected chi connectivity index (χ1v) is 4.55. The van der Waals surface area contributed by atoms with E-state index in [2.05, 4.69) is 15.8 Å². The van der Waals surface area contributed by atoms with Gasteiger partial charge in [0.1, 0.15) is 0 Å². The van der Waals surface area contributed by atoms with Gasteiger partial charge in [-0.3, -0.25) is 11.3 Å². The van der Waals surface area contributed by atoms with Crippen molar-refractivity contribution in [3.63, 3.8) is 0 Å². The number of carboxylic acids is 1. The van der Waals surface area contributed by atoms with Crippen molar-refractivity contribution in [3.05, 3.63) is 0 Å².